The van der Waals surface area contributed by atoms with E-state index in [0.29, 0.717) is 5.56 Å². The van der Waals surface area contributed by atoms with E-state index in [1.807, 2.05) is 38.1 Å². The van der Waals surface area contributed by atoms with Crippen molar-refractivity contribution in [1.82, 2.24) is 0 Å². The van der Waals surface area contributed by atoms with E-state index in [4.69, 9.17) is 9.47 Å². The summed E-state index contributed by atoms with van der Waals surface area (Å²) in [6.45, 7) is 3.91. The minimum Gasteiger partial charge on any atom is -0.491 e. The molecule has 0 radical (unpaired) electrons. The van der Waals surface area contributed by atoms with Gasteiger partial charge in [-0.2, -0.15) is 0 Å². The first-order valence-corrected chi connectivity index (χ1v) is 7.56. The third-order valence-corrected chi connectivity index (χ3v) is 3.27. The van der Waals surface area contributed by atoms with Crippen LogP contribution >= 0.6 is 0 Å². The van der Waals surface area contributed by atoms with Gasteiger partial charge in [-0.1, -0.05) is 12.1 Å². The molecule has 1 aliphatic rings. The van der Waals surface area contributed by atoms with Crippen molar-refractivity contribution in [3.05, 3.63) is 71.2 Å². The number of cyclic esters (lactones) is 1. The summed E-state index contributed by atoms with van der Waals surface area (Å²) in [7, 11) is 0. The lowest BCUT2D eigenvalue weighted by atomic mass is 10.2. The molecule has 1 heterocycles. The minimum atomic E-state index is -0.531. The number of ether oxygens (including phenoxy) is 2. The molecule has 0 N–H and O–H groups in total. The van der Waals surface area contributed by atoms with Crippen molar-refractivity contribution >= 4 is 17.9 Å². The molecular weight excluding hydrogens is 309 g/mol. The van der Waals surface area contributed by atoms with Crippen molar-refractivity contribution in [3.63, 3.8) is 0 Å². The molecule has 4 nitrogen and oxygen atoms in total. The van der Waals surface area contributed by atoms with E-state index in [1.165, 1.54) is 24.3 Å². The largest absolute Gasteiger partial charge is 0.491 e. The van der Waals surface area contributed by atoms with Crippen LogP contribution in [0.25, 0.3) is 6.08 Å². The van der Waals surface area contributed by atoms with Crippen LogP contribution in [0.15, 0.2) is 59.2 Å². The van der Waals surface area contributed by atoms with Gasteiger partial charge in [0, 0.05) is 5.56 Å². The molecule has 24 heavy (non-hydrogen) atoms. The maximum atomic E-state index is 13.0. The van der Waals surface area contributed by atoms with Gasteiger partial charge in [-0.15, -0.1) is 0 Å². The Labute approximate surface area is 139 Å². The monoisotopic (exact) mass is 325 g/mol. The average molecular weight is 325 g/mol. The molecule has 0 spiro atoms. The second kappa shape index (κ2) is 6.66. The van der Waals surface area contributed by atoms with E-state index in [2.05, 4.69) is 4.99 Å². The molecule has 0 aliphatic carbocycles. The Bertz CT molecular complexity index is 806. The summed E-state index contributed by atoms with van der Waals surface area (Å²) >= 11 is 0. The van der Waals surface area contributed by atoms with E-state index in [0.717, 1.165) is 11.3 Å². The fourth-order valence-electron chi connectivity index (χ4n) is 2.20. The van der Waals surface area contributed by atoms with Gasteiger partial charge >= 0.3 is 5.97 Å². The molecule has 0 amide bonds. The number of aliphatic imine (C=N–C) groups is 1. The predicted molar refractivity (Wildman–Crippen MR) is 89.2 cm³/mol. The van der Waals surface area contributed by atoms with E-state index in [-0.39, 0.29) is 23.5 Å². The lowest BCUT2D eigenvalue weighted by Crippen LogP contribution is -2.05. The highest BCUT2D eigenvalue weighted by atomic mass is 19.1. The van der Waals surface area contributed by atoms with Crippen LogP contribution in [0.1, 0.15) is 25.0 Å². The van der Waals surface area contributed by atoms with Gasteiger partial charge in [0.05, 0.1) is 6.10 Å². The number of hydrogen-bond donors (Lipinski definition) is 0. The van der Waals surface area contributed by atoms with Crippen LogP contribution in [0.3, 0.4) is 0 Å². The van der Waals surface area contributed by atoms with Crippen LogP contribution in [0.4, 0.5) is 4.39 Å². The zero-order chi connectivity index (χ0) is 17.1. The number of hydrogen-bond acceptors (Lipinski definition) is 4. The second-order valence-corrected chi connectivity index (χ2v) is 5.58. The van der Waals surface area contributed by atoms with Crippen molar-refractivity contribution in [2.24, 2.45) is 4.99 Å². The highest BCUT2D eigenvalue weighted by Gasteiger charge is 2.24. The Morgan fingerprint density at radius 3 is 2.38 bits per heavy atom. The number of esters is 1. The van der Waals surface area contributed by atoms with Crippen molar-refractivity contribution < 1.29 is 18.7 Å². The fourth-order valence-corrected chi connectivity index (χ4v) is 2.20. The van der Waals surface area contributed by atoms with Crippen LogP contribution in [-0.2, 0) is 9.53 Å². The van der Waals surface area contributed by atoms with Crippen LogP contribution in [0.2, 0.25) is 0 Å². The first kappa shape index (κ1) is 15.9. The molecule has 0 aromatic heterocycles. The molecular formula is C19H16FNO3. The number of halogens is 1. The summed E-state index contributed by atoms with van der Waals surface area (Å²) in [5.74, 6) is 0.0441. The van der Waals surface area contributed by atoms with Crippen LogP contribution in [0.5, 0.6) is 5.75 Å². The minimum absolute atomic E-state index is 0.0990. The first-order chi connectivity index (χ1) is 11.5. The van der Waals surface area contributed by atoms with Crippen molar-refractivity contribution in [3.8, 4) is 5.75 Å². The van der Waals surface area contributed by atoms with Gasteiger partial charge in [-0.25, -0.2) is 14.2 Å². The van der Waals surface area contributed by atoms with Gasteiger partial charge < -0.3 is 9.47 Å². The van der Waals surface area contributed by atoms with E-state index in [9.17, 15) is 9.18 Å². The van der Waals surface area contributed by atoms with Crippen molar-refractivity contribution in [1.29, 1.82) is 0 Å². The van der Waals surface area contributed by atoms with Crippen LogP contribution in [0, 0.1) is 5.82 Å². The van der Waals surface area contributed by atoms with E-state index >= 15 is 0 Å². The molecule has 3 rings (SSSR count). The SMILES string of the molecule is CC(C)Oc1ccc(/C=C2\N=C(c3ccc(F)cc3)OC2=O)cc1. The molecule has 122 valence electrons. The van der Waals surface area contributed by atoms with Gasteiger partial charge in [0.1, 0.15) is 11.6 Å². The van der Waals surface area contributed by atoms with Gasteiger partial charge in [-0.3, -0.25) is 0 Å². The molecule has 2 aromatic carbocycles. The molecule has 2 aromatic rings. The molecule has 0 bridgehead atoms. The number of carbonyl (C=O) groups is 1. The second-order valence-electron chi connectivity index (χ2n) is 5.58. The number of nitrogens with zero attached hydrogens (tertiary/aromatic N) is 1. The molecule has 0 atom stereocenters. The third kappa shape index (κ3) is 3.68. The highest BCUT2D eigenvalue weighted by molar-refractivity contribution is 6.12. The van der Waals surface area contributed by atoms with Crippen LogP contribution < -0.4 is 4.74 Å². The molecule has 0 unspecified atom stereocenters. The zero-order valence-electron chi connectivity index (χ0n) is 13.3. The summed E-state index contributed by atoms with van der Waals surface area (Å²) in [4.78, 5) is 16.1. The van der Waals surface area contributed by atoms with Gasteiger partial charge in [0.2, 0.25) is 5.90 Å². The topological polar surface area (TPSA) is 47.9 Å². The Balaban J connectivity index is 1.81. The quantitative estimate of drug-likeness (QED) is 0.631. The summed E-state index contributed by atoms with van der Waals surface area (Å²) in [5, 5.41) is 0. The molecule has 0 saturated heterocycles. The van der Waals surface area contributed by atoms with Crippen molar-refractivity contribution in [2.75, 3.05) is 0 Å². The Hall–Kier alpha value is -2.95. The normalized spacial score (nSPS) is 15.6. The van der Waals surface area contributed by atoms with Gasteiger partial charge in [0.15, 0.2) is 5.70 Å². The average Bonchev–Trinajstić information content (AvgIpc) is 2.90. The molecule has 0 fully saturated rings. The van der Waals surface area contributed by atoms with Crippen molar-refractivity contribution in [2.45, 2.75) is 20.0 Å². The maximum Gasteiger partial charge on any atom is 0.363 e. The number of benzene rings is 2. The third-order valence-electron chi connectivity index (χ3n) is 3.27. The summed E-state index contributed by atoms with van der Waals surface area (Å²) in [5.41, 5.74) is 1.56. The Morgan fingerprint density at radius 1 is 1.08 bits per heavy atom. The maximum absolute atomic E-state index is 13.0. The van der Waals surface area contributed by atoms with E-state index in [1.54, 1.807) is 6.08 Å². The predicted octanol–water partition coefficient (Wildman–Crippen LogP) is 3.96. The Morgan fingerprint density at radius 2 is 1.75 bits per heavy atom. The summed E-state index contributed by atoms with van der Waals surface area (Å²) in [6, 6.07) is 13.0. The van der Waals surface area contributed by atoms with E-state index < -0.39 is 5.97 Å². The standard InChI is InChI=1S/C19H16FNO3/c1-12(2)23-16-9-3-13(4-10-16)11-17-19(22)24-18(21-17)14-5-7-15(20)8-6-14/h3-12H,1-2H3/b17-11-. The van der Waals surface area contributed by atoms with Gasteiger partial charge in [0.25, 0.3) is 0 Å². The Kier molecular flexibility index (Phi) is 4.42. The molecule has 5 heteroatoms. The smallest absolute Gasteiger partial charge is 0.363 e. The fraction of sp³-hybridized carbons (Fsp3) is 0.158. The van der Waals surface area contributed by atoms with Crippen LogP contribution in [-0.4, -0.2) is 18.0 Å². The summed E-state index contributed by atoms with van der Waals surface area (Å²) < 4.78 is 23.7. The highest BCUT2D eigenvalue weighted by Crippen LogP contribution is 2.21. The molecule has 1 aliphatic heterocycles. The number of rotatable bonds is 4. The lowest BCUT2D eigenvalue weighted by Gasteiger charge is -2.09. The first-order valence-electron chi connectivity index (χ1n) is 7.56. The number of carbonyl (C=O) groups excluding carboxylic acids is 1. The molecule has 0 saturated carbocycles. The lowest BCUT2D eigenvalue weighted by molar-refractivity contribution is -0.129. The zero-order valence-corrected chi connectivity index (χ0v) is 13.3. The van der Waals surface area contributed by atoms with Gasteiger partial charge in [-0.05, 0) is 61.9 Å². The summed E-state index contributed by atoms with van der Waals surface area (Å²) in [6.07, 6.45) is 1.74.